The van der Waals surface area contributed by atoms with Crippen molar-refractivity contribution in [3.8, 4) is 0 Å². The van der Waals surface area contributed by atoms with E-state index in [2.05, 4.69) is 54.7 Å². The summed E-state index contributed by atoms with van der Waals surface area (Å²) in [5, 5.41) is 7.77. The van der Waals surface area contributed by atoms with Gasteiger partial charge in [0.05, 0.1) is 0 Å². The third kappa shape index (κ3) is 5.63. The van der Waals surface area contributed by atoms with Crippen molar-refractivity contribution in [3.63, 3.8) is 0 Å². The van der Waals surface area contributed by atoms with E-state index in [4.69, 9.17) is 0 Å². The molecule has 0 amide bonds. The normalized spacial score (nSPS) is 13.5. The molecule has 18 heavy (non-hydrogen) atoms. The Labute approximate surface area is 111 Å². The molecule has 4 nitrogen and oxygen atoms in total. The summed E-state index contributed by atoms with van der Waals surface area (Å²) in [4.78, 5) is 4.38. The van der Waals surface area contributed by atoms with E-state index in [9.17, 15) is 0 Å². The summed E-state index contributed by atoms with van der Waals surface area (Å²) in [5.41, 5.74) is 0. The summed E-state index contributed by atoms with van der Waals surface area (Å²) in [6, 6.07) is 0.571. The van der Waals surface area contributed by atoms with Crippen LogP contribution in [0.25, 0.3) is 0 Å². The smallest absolute Gasteiger partial charge is 0.138 e. The van der Waals surface area contributed by atoms with E-state index < -0.39 is 0 Å². The van der Waals surface area contributed by atoms with Crippen LogP contribution in [0.4, 0.5) is 0 Å². The fourth-order valence-corrected chi connectivity index (χ4v) is 1.98. The van der Waals surface area contributed by atoms with E-state index in [1.54, 1.807) is 6.33 Å². The molecule has 0 bridgehead atoms. The van der Waals surface area contributed by atoms with Crippen LogP contribution < -0.4 is 5.32 Å². The van der Waals surface area contributed by atoms with Crippen LogP contribution in [0.3, 0.4) is 0 Å². The Kier molecular flexibility index (Phi) is 6.33. The van der Waals surface area contributed by atoms with E-state index >= 15 is 0 Å². The lowest BCUT2D eigenvalue weighted by Crippen LogP contribution is -2.25. The summed E-state index contributed by atoms with van der Waals surface area (Å²) in [6.07, 6.45) is 3.88. The highest BCUT2D eigenvalue weighted by atomic mass is 15.3. The largest absolute Gasteiger partial charge is 0.315 e. The van der Waals surface area contributed by atoms with Crippen molar-refractivity contribution in [2.45, 2.75) is 60.0 Å². The third-order valence-corrected chi connectivity index (χ3v) is 2.95. The van der Waals surface area contributed by atoms with Gasteiger partial charge in [-0.15, -0.1) is 0 Å². The molecule has 0 fully saturated rings. The average molecular weight is 252 g/mol. The number of nitrogens with one attached hydrogen (secondary N) is 1. The first-order chi connectivity index (χ1) is 8.49. The van der Waals surface area contributed by atoms with Crippen LogP contribution in [-0.4, -0.2) is 27.4 Å². The van der Waals surface area contributed by atoms with Gasteiger partial charge < -0.3 is 5.32 Å². The molecular formula is C14H28N4. The van der Waals surface area contributed by atoms with E-state index in [1.807, 2.05) is 0 Å². The van der Waals surface area contributed by atoms with E-state index in [-0.39, 0.29) is 0 Å². The third-order valence-electron chi connectivity index (χ3n) is 2.95. The summed E-state index contributed by atoms with van der Waals surface area (Å²) in [7, 11) is 0. The van der Waals surface area contributed by atoms with Crippen molar-refractivity contribution in [1.29, 1.82) is 0 Å². The van der Waals surface area contributed by atoms with Crippen LogP contribution in [0.2, 0.25) is 0 Å². The Hall–Kier alpha value is -0.900. The van der Waals surface area contributed by atoms with E-state index in [0.29, 0.717) is 17.9 Å². The van der Waals surface area contributed by atoms with Gasteiger partial charge in [-0.3, -0.25) is 0 Å². The predicted octanol–water partition coefficient (Wildman–Crippen LogP) is 2.50. The van der Waals surface area contributed by atoms with Crippen molar-refractivity contribution in [2.24, 2.45) is 11.8 Å². The minimum atomic E-state index is 0.571. The minimum Gasteiger partial charge on any atom is -0.315 e. The molecule has 1 rings (SSSR count). The molecule has 104 valence electrons. The lowest BCUT2D eigenvalue weighted by atomic mass is 10.0. The Morgan fingerprint density at radius 2 is 1.94 bits per heavy atom. The first-order valence-corrected chi connectivity index (χ1v) is 7.09. The molecule has 1 heterocycles. The van der Waals surface area contributed by atoms with E-state index in [0.717, 1.165) is 25.3 Å². The fraction of sp³-hybridized carbons (Fsp3) is 0.857. The van der Waals surface area contributed by atoms with Crippen LogP contribution in [0.15, 0.2) is 6.33 Å². The molecule has 1 aromatic heterocycles. The zero-order valence-electron chi connectivity index (χ0n) is 12.5. The fourth-order valence-electron chi connectivity index (χ4n) is 1.98. The van der Waals surface area contributed by atoms with Gasteiger partial charge in [0.1, 0.15) is 12.2 Å². The molecular weight excluding hydrogens is 224 g/mol. The number of rotatable bonds is 8. The van der Waals surface area contributed by atoms with Crippen LogP contribution in [0.1, 0.15) is 46.9 Å². The van der Waals surface area contributed by atoms with Crippen LogP contribution in [-0.2, 0) is 13.0 Å². The number of nitrogens with zero attached hydrogens (tertiary/aromatic N) is 3. The molecule has 1 N–H and O–H groups in total. The number of hydrogen-bond acceptors (Lipinski definition) is 3. The first-order valence-electron chi connectivity index (χ1n) is 7.09. The molecule has 0 aromatic carbocycles. The molecule has 0 spiro atoms. The molecule has 0 aliphatic heterocycles. The van der Waals surface area contributed by atoms with Crippen molar-refractivity contribution >= 4 is 0 Å². The van der Waals surface area contributed by atoms with Crippen molar-refractivity contribution in [1.82, 2.24) is 20.1 Å². The molecule has 0 saturated heterocycles. The Morgan fingerprint density at radius 1 is 1.22 bits per heavy atom. The van der Waals surface area contributed by atoms with Crippen LogP contribution in [0.5, 0.6) is 0 Å². The van der Waals surface area contributed by atoms with Gasteiger partial charge in [0, 0.05) is 19.0 Å². The lowest BCUT2D eigenvalue weighted by Gasteiger charge is -2.14. The zero-order chi connectivity index (χ0) is 13.5. The van der Waals surface area contributed by atoms with Gasteiger partial charge in [0.15, 0.2) is 0 Å². The van der Waals surface area contributed by atoms with Crippen molar-refractivity contribution in [3.05, 3.63) is 12.2 Å². The SMILES string of the molecule is CC(C)Cn1ncnc1CC(C)CCNC(C)C. The maximum absolute atomic E-state index is 4.38. The lowest BCUT2D eigenvalue weighted by molar-refractivity contribution is 0.428. The second-order valence-electron chi connectivity index (χ2n) is 5.96. The first kappa shape index (κ1) is 15.2. The summed E-state index contributed by atoms with van der Waals surface area (Å²) >= 11 is 0. The van der Waals surface area contributed by atoms with E-state index in [1.165, 1.54) is 6.42 Å². The van der Waals surface area contributed by atoms with Gasteiger partial charge in [-0.25, -0.2) is 9.67 Å². The summed E-state index contributed by atoms with van der Waals surface area (Å²) in [5.74, 6) is 2.38. The topological polar surface area (TPSA) is 42.7 Å². The maximum atomic E-state index is 4.38. The predicted molar refractivity (Wildman–Crippen MR) is 75.5 cm³/mol. The highest BCUT2D eigenvalue weighted by Crippen LogP contribution is 2.10. The van der Waals surface area contributed by atoms with Gasteiger partial charge in [0.2, 0.25) is 0 Å². The highest BCUT2D eigenvalue weighted by molar-refractivity contribution is 4.87. The second-order valence-corrected chi connectivity index (χ2v) is 5.96. The highest BCUT2D eigenvalue weighted by Gasteiger charge is 2.10. The van der Waals surface area contributed by atoms with Gasteiger partial charge in [0.25, 0.3) is 0 Å². The summed E-state index contributed by atoms with van der Waals surface area (Å²) < 4.78 is 2.05. The maximum Gasteiger partial charge on any atom is 0.138 e. The second kappa shape index (κ2) is 7.52. The Bertz CT molecular complexity index is 330. The van der Waals surface area contributed by atoms with Gasteiger partial charge in [-0.1, -0.05) is 34.6 Å². The van der Waals surface area contributed by atoms with Gasteiger partial charge in [-0.05, 0) is 24.8 Å². The minimum absolute atomic E-state index is 0.571. The van der Waals surface area contributed by atoms with Gasteiger partial charge >= 0.3 is 0 Å². The molecule has 0 aliphatic rings. The monoisotopic (exact) mass is 252 g/mol. The number of hydrogen-bond donors (Lipinski definition) is 1. The van der Waals surface area contributed by atoms with Crippen LogP contribution >= 0.6 is 0 Å². The van der Waals surface area contributed by atoms with Crippen LogP contribution in [0, 0.1) is 11.8 Å². The number of aromatic nitrogens is 3. The van der Waals surface area contributed by atoms with Crippen molar-refractivity contribution < 1.29 is 0 Å². The van der Waals surface area contributed by atoms with Gasteiger partial charge in [-0.2, -0.15) is 5.10 Å². The van der Waals surface area contributed by atoms with Crippen molar-refractivity contribution in [2.75, 3.05) is 6.54 Å². The molecule has 0 saturated carbocycles. The molecule has 1 aromatic rings. The average Bonchev–Trinajstić information content (AvgIpc) is 2.64. The quantitative estimate of drug-likeness (QED) is 0.773. The molecule has 1 unspecified atom stereocenters. The Morgan fingerprint density at radius 3 is 2.56 bits per heavy atom. The molecule has 0 aliphatic carbocycles. The Balaban J connectivity index is 2.39. The standard InChI is InChI=1S/C14H28N4/c1-11(2)9-18-14(16-10-17-18)8-13(5)6-7-15-12(3)4/h10-13,15H,6-9H2,1-5H3. The molecule has 1 atom stereocenters. The molecule has 4 heteroatoms. The molecule has 0 radical (unpaired) electrons. The summed E-state index contributed by atoms with van der Waals surface area (Å²) in [6.45, 7) is 13.1. The zero-order valence-corrected chi connectivity index (χ0v) is 12.5.